The molecule has 1 aliphatic heterocycles. The lowest BCUT2D eigenvalue weighted by Crippen LogP contribution is -2.48. The molecule has 7 heteroatoms. The van der Waals surface area contributed by atoms with Crippen molar-refractivity contribution in [3.63, 3.8) is 0 Å². The van der Waals surface area contributed by atoms with E-state index in [0.717, 1.165) is 13.1 Å². The number of rotatable bonds is 4. The molecule has 21 heavy (non-hydrogen) atoms. The molecule has 0 saturated carbocycles. The van der Waals surface area contributed by atoms with E-state index >= 15 is 0 Å². The summed E-state index contributed by atoms with van der Waals surface area (Å²) in [6.45, 7) is 5.08. The number of amides is 2. The van der Waals surface area contributed by atoms with Crippen LogP contribution in [-0.4, -0.2) is 24.9 Å². The maximum atomic E-state index is 12.1. The fraction of sp³-hybridized carbons (Fsp3) is 0.429. The van der Waals surface area contributed by atoms with Crippen LogP contribution in [0.4, 0.5) is 11.4 Å². The third-order valence-corrected chi connectivity index (χ3v) is 3.81. The minimum Gasteiger partial charge on any atom is -0.326 e. The zero-order valence-corrected chi connectivity index (χ0v) is 13.5. The van der Waals surface area contributed by atoms with Crippen LogP contribution in [0.15, 0.2) is 18.2 Å². The highest BCUT2D eigenvalue weighted by atomic mass is 35.5. The number of hydrogen-bond acceptors (Lipinski definition) is 3. The molecule has 1 fully saturated rings. The maximum Gasteiger partial charge on any atom is 0.227 e. The molecule has 1 aliphatic rings. The second-order valence-electron chi connectivity index (χ2n) is 5.07. The first-order chi connectivity index (χ1) is 9.47. The first-order valence-corrected chi connectivity index (χ1v) is 6.94. The molecule has 5 nitrogen and oxygen atoms in total. The molecule has 0 aromatic heterocycles. The Hall–Kier alpha value is -1.30. The van der Waals surface area contributed by atoms with E-state index in [2.05, 4.69) is 16.0 Å². The maximum absolute atomic E-state index is 12.1. The number of carbonyl (C=O) groups excluding carboxylic acids is 2. The average Bonchev–Trinajstić information content (AvgIpc) is 2.30. The summed E-state index contributed by atoms with van der Waals surface area (Å²) in [4.78, 5) is 23.2. The summed E-state index contributed by atoms with van der Waals surface area (Å²) < 4.78 is 0. The number of anilines is 2. The molecule has 0 radical (unpaired) electrons. The predicted molar refractivity (Wildman–Crippen MR) is 87.2 cm³/mol. The van der Waals surface area contributed by atoms with Crippen molar-refractivity contribution in [3.05, 3.63) is 23.2 Å². The van der Waals surface area contributed by atoms with Gasteiger partial charge in [-0.3, -0.25) is 9.59 Å². The highest BCUT2D eigenvalue weighted by Gasteiger charge is 2.28. The average molecular weight is 332 g/mol. The van der Waals surface area contributed by atoms with Gasteiger partial charge in [-0.05, 0) is 37.2 Å². The summed E-state index contributed by atoms with van der Waals surface area (Å²) in [5.41, 5.74) is 1.12. The first kappa shape index (κ1) is 17.8. The van der Waals surface area contributed by atoms with E-state index in [9.17, 15) is 9.59 Å². The fourth-order valence-electron chi connectivity index (χ4n) is 2.03. The number of halogens is 2. The van der Waals surface area contributed by atoms with Crippen molar-refractivity contribution >= 4 is 47.2 Å². The van der Waals surface area contributed by atoms with Gasteiger partial charge in [-0.15, -0.1) is 12.4 Å². The van der Waals surface area contributed by atoms with Crippen LogP contribution in [0.5, 0.6) is 0 Å². The number of carbonyl (C=O) groups is 2. The third-order valence-electron chi connectivity index (χ3n) is 3.48. The van der Waals surface area contributed by atoms with Crippen molar-refractivity contribution in [2.24, 2.45) is 11.8 Å². The smallest absolute Gasteiger partial charge is 0.227 e. The molecule has 2 rings (SSSR count). The van der Waals surface area contributed by atoms with Crippen molar-refractivity contribution < 1.29 is 9.59 Å². The number of hydrogen-bond donors (Lipinski definition) is 3. The van der Waals surface area contributed by atoms with Gasteiger partial charge in [-0.1, -0.05) is 18.5 Å². The van der Waals surface area contributed by atoms with E-state index in [4.69, 9.17) is 11.6 Å². The van der Waals surface area contributed by atoms with E-state index in [1.165, 1.54) is 6.92 Å². The zero-order chi connectivity index (χ0) is 14.7. The molecule has 0 bridgehead atoms. The number of benzene rings is 1. The van der Waals surface area contributed by atoms with Gasteiger partial charge in [-0.25, -0.2) is 0 Å². The van der Waals surface area contributed by atoms with E-state index in [1.807, 2.05) is 6.92 Å². The molecular weight excluding hydrogens is 313 g/mol. The fourth-order valence-corrected chi connectivity index (χ4v) is 2.19. The van der Waals surface area contributed by atoms with Crippen LogP contribution in [-0.2, 0) is 9.59 Å². The molecule has 1 aromatic carbocycles. The van der Waals surface area contributed by atoms with Crippen LogP contribution in [0.1, 0.15) is 13.8 Å². The molecular formula is C14H19Cl2N3O2. The van der Waals surface area contributed by atoms with Gasteiger partial charge < -0.3 is 16.0 Å². The summed E-state index contributed by atoms with van der Waals surface area (Å²) >= 11 is 6.07. The van der Waals surface area contributed by atoms with Crippen LogP contribution in [0.3, 0.4) is 0 Å². The van der Waals surface area contributed by atoms with Crippen molar-refractivity contribution in [1.82, 2.24) is 5.32 Å². The van der Waals surface area contributed by atoms with Crippen molar-refractivity contribution in [3.8, 4) is 0 Å². The van der Waals surface area contributed by atoms with Gasteiger partial charge in [0.2, 0.25) is 11.8 Å². The SMILES string of the molecule is CC(=O)Nc1ccc(Cl)c(NC(=O)C(C)C2CNC2)c1.Cl. The zero-order valence-electron chi connectivity index (χ0n) is 11.9. The molecule has 1 atom stereocenters. The summed E-state index contributed by atoms with van der Waals surface area (Å²) in [7, 11) is 0. The Kier molecular flexibility index (Phi) is 6.45. The predicted octanol–water partition coefficient (Wildman–Crippen LogP) is 2.51. The van der Waals surface area contributed by atoms with Gasteiger partial charge in [0.05, 0.1) is 10.7 Å². The van der Waals surface area contributed by atoms with Gasteiger partial charge >= 0.3 is 0 Å². The molecule has 116 valence electrons. The third kappa shape index (κ3) is 4.59. The molecule has 0 spiro atoms. The summed E-state index contributed by atoms with van der Waals surface area (Å²) in [5.74, 6) is 0.0703. The Labute approximate surface area is 135 Å². The van der Waals surface area contributed by atoms with Crippen molar-refractivity contribution in [2.45, 2.75) is 13.8 Å². The Balaban J connectivity index is 0.00000220. The van der Waals surface area contributed by atoms with Crippen molar-refractivity contribution in [1.29, 1.82) is 0 Å². The lowest BCUT2D eigenvalue weighted by molar-refractivity contribution is -0.121. The normalized spacial score (nSPS) is 15.4. The first-order valence-electron chi connectivity index (χ1n) is 6.56. The van der Waals surface area contributed by atoms with Crippen LogP contribution >= 0.6 is 24.0 Å². The minimum atomic E-state index is -0.168. The Morgan fingerprint density at radius 1 is 1.33 bits per heavy atom. The van der Waals surface area contributed by atoms with Gasteiger partial charge in [0.25, 0.3) is 0 Å². The molecule has 0 aliphatic carbocycles. The van der Waals surface area contributed by atoms with E-state index in [0.29, 0.717) is 22.3 Å². The lowest BCUT2D eigenvalue weighted by atomic mass is 9.88. The molecule has 1 unspecified atom stereocenters. The summed E-state index contributed by atoms with van der Waals surface area (Å²) in [6, 6.07) is 5.00. The molecule has 3 N–H and O–H groups in total. The topological polar surface area (TPSA) is 70.2 Å². The monoisotopic (exact) mass is 331 g/mol. The van der Waals surface area contributed by atoms with E-state index in [1.54, 1.807) is 18.2 Å². The van der Waals surface area contributed by atoms with Crippen molar-refractivity contribution in [2.75, 3.05) is 23.7 Å². The lowest BCUT2D eigenvalue weighted by Gasteiger charge is -2.31. The molecule has 2 amide bonds. The quantitative estimate of drug-likeness (QED) is 0.793. The van der Waals surface area contributed by atoms with E-state index in [-0.39, 0.29) is 30.1 Å². The Morgan fingerprint density at radius 2 is 2.00 bits per heavy atom. The van der Waals surface area contributed by atoms with E-state index < -0.39 is 0 Å². The molecule has 1 aromatic rings. The highest BCUT2D eigenvalue weighted by molar-refractivity contribution is 6.33. The Bertz CT molecular complexity index is 533. The summed E-state index contributed by atoms with van der Waals surface area (Å²) in [5, 5.41) is 9.08. The minimum absolute atomic E-state index is 0. The van der Waals surface area contributed by atoms with Crippen LogP contribution in [0, 0.1) is 11.8 Å². The van der Waals surface area contributed by atoms with Gasteiger partial charge in [0.1, 0.15) is 0 Å². The second kappa shape index (κ2) is 7.64. The second-order valence-corrected chi connectivity index (χ2v) is 5.48. The standard InChI is InChI=1S/C14H18ClN3O2.ClH/c1-8(10-6-16-7-10)14(20)18-13-5-11(17-9(2)19)3-4-12(13)15;/h3-5,8,10,16H,6-7H2,1-2H3,(H,17,19)(H,18,20);1H. The highest BCUT2D eigenvalue weighted by Crippen LogP contribution is 2.27. The van der Waals surface area contributed by atoms with Crippen LogP contribution in [0.2, 0.25) is 5.02 Å². The van der Waals surface area contributed by atoms with Crippen LogP contribution < -0.4 is 16.0 Å². The molecule has 1 heterocycles. The molecule has 1 saturated heterocycles. The van der Waals surface area contributed by atoms with Gasteiger partial charge in [0.15, 0.2) is 0 Å². The number of nitrogens with one attached hydrogen (secondary N) is 3. The summed E-state index contributed by atoms with van der Waals surface area (Å²) in [6.07, 6.45) is 0. The van der Waals surface area contributed by atoms with Gasteiger partial charge in [-0.2, -0.15) is 0 Å². The van der Waals surface area contributed by atoms with Gasteiger partial charge in [0, 0.05) is 18.5 Å². The largest absolute Gasteiger partial charge is 0.326 e. The Morgan fingerprint density at radius 3 is 2.52 bits per heavy atom. The van der Waals surface area contributed by atoms with Crippen LogP contribution in [0.25, 0.3) is 0 Å².